The molecule has 0 atom stereocenters. The lowest BCUT2D eigenvalue weighted by Gasteiger charge is -2.21. The molecule has 3 nitrogen and oxygen atoms in total. The molecule has 3 rings (SSSR count). The molecule has 0 spiro atoms. The van der Waals surface area contributed by atoms with Crippen molar-refractivity contribution in [3.63, 3.8) is 0 Å². The number of thioether (sulfide) groups is 1. The van der Waals surface area contributed by atoms with Crippen LogP contribution < -0.4 is 10.6 Å². The van der Waals surface area contributed by atoms with Gasteiger partial charge in [-0.3, -0.25) is 4.79 Å². The van der Waals surface area contributed by atoms with E-state index in [2.05, 4.69) is 22.8 Å². The van der Waals surface area contributed by atoms with Crippen molar-refractivity contribution in [2.75, 3.05) is 18.4 Å². The summed E-state index contributed by atoms with van der Waals surface area (Å²) in [7, 11) is 0. The molecule has 120 valence electrons. The lowest BCUT2D eigenvalue weighted by Crippen LogP contribution is -2.30. The van der Waals surface area contributed by atoms with Crippen LogP contribution in [0.1, 0.15) is 44.9 Å². The number of piperidine rings is 1. The van der Waals surface area contributed by atoms with Crippen LogP contribution in [-0.4, -0.2) is 24.2 Å². The van der Waals surface area contributed by atoms with Crippen LogP contribution in [0, 0.1) is 5.92 Å². The molecule has 22 heavy (non-hydrogen) atoms. The number of hydrogen-bond donors (Lipinski definition) is 2. The predicted octanol–water partition coefficient (Wildman–Crippen LogP) is 4.05. The number of benzene rings is 1. The second-order valence-electron chi connectivity index (χ2n) is 6.49. The highest BCUT2D eigenvalue weighted by Gasteiger charge is 2.17. The van der Waals surface area contributed by atoms with E-state index in [9.17, 15) is 4.79 Å². The minimum atomic E-state index is 0.156. The molecule has 1 saturated heterocycles. The molecule has 1 aromatic carbocycles. The molecular formula is C18H26N2OS. The standard InChI is InChI=1S/C18H26N2OS/c21-18(13-14-9-11-19-12-10-14)20-15-5-7-17(8-6-15)22-16-3-1-2-4-16/h5-8,14,16,19H,1-4,9-13H2,(H,20,21). The SMILES string of the molecule is O=C(CC1CCNCC1)Nc1ccc(SC2CCCC2)cc1. The average Bonchev–Trinajstić information content (AvgIpc) is 3.03. The third kappa shape index (κ3) is 4.75. The van der Waals surface area contributed by atoms with E-state index in [0.29, 0.717) is 12.3 Å². The Morgan fingerprint density at radius 3 is 2.45 bits per heavy atom. The highest BCUT2D eigenvalue weighted by Crippen LogP contribution is 2.35. The van der Waals surface area contributed by atoms with Crippen molar-refractivity contribution in [3.05, 3.63) is 24.3 Å². The first-order chi connectivity index (χ1) is 10.8. The highest BCUT2D eigenvalue weighted by molar-refractivity contribution is 8.00. The summed E-state index contributed by atoms with van der Waals surface area (Å²) in [6, 6.07) is 8.36. The maximum atomic E-state index is 12.1. The van der Waals surface area contributed by atoms with Crippen molar-refractivity contribution < 1.29 is 4.79 Å². The summed E-state index contributed by atoms with van der Waals surface area (Å²) in [5, 5.41) is 7.17. The number of amides is 1. The zero-order valence-corrected chi connectivity index (χ0v) is 14.0. The van der Waals surface area contributed by atoms with E-state index >= 15 is 0 Å². The van der Waals surface area contributed by atoms with Crippen LogP contribution in [0.25, 0.3) is 0 Å². The van der Waals surface area contributed by atoms with Gasteiger partial charge in [0.05, 0.1) is 0 Å². The van der Waals surface area contributed by atoms with Crippen LogP contribution in [0.4, 0.5) is 5.69 Å². The maximum Gasteiger partial charge on any atom is 0.224 e. The summed E-state index contributed by atoms with van der Waals surface area (Å²) in [5.74, 6) is 0.696. The number of nitrogens with one attached hydrogen (secondary N) is 2. The predicted molar refractivity (Wildman–Crippen MR) is 93.4 cm³/mol. The van der Waals surface area contributed by atoms with E-state index in [1.54, 1.807) is 0 Å². The Balaban J connectivity index is 1.46. The van der Waals surface area contributed by atoms with Crippen LogP contribution in [0.2, 0.25) is 0 Å². The topological polar surface area (TPSA) is 41.1 Å². The molecule has 1 saturated carbocycles. The van der Waals surface area contributed by atoms with Gasteiger partial charge in [0.25, 0.3) is 0 Å². The summed E-state index contributed by atoms with van der Waals surface area (Å²) < 4.78 is 0. The molecule has 1 amide bonds. The fraction of sp³-hybridized carbons (Fsp3) is 0.611. The van der Waals surface area contributed by atoms with Crippen molar-refractivity contribution in [1.29, 1.82) is 0 Å². The molecule has 1 aliphatic heterocycles. The monoisotopic (exact) mass is 318 g/mol. The summed E-state index contributed by atoms with van der Waals surface area (Å²) >= 11 is 1.99. The van der Waals surface area contributed by atoms with Crippen LogP contribution in [0.15, 0.2) is 29.2 Å². The first-order valence-electron chi connectivity index (χ1n) is 8.57. The fourth-order valence-corrected chi connectivity index (χ4v) is 4.62. The van der Waals surface area contributed by atoms with Crippen molar-refractivity contribution >= 4 is 23.4 Å². The smallest absolute Gasteiger partial charge is 0.224 e. The van der Waals surface area contributed by atoms with Gasteiger partial charge in [-0.15, -0.1) is 11.8 Å². The van der Waals surface area contributed by atoms with Gasteiger partial charge in [-0.05, 0) is 69.0 Å². The Labute approximate surface area is 137 Å². The van der Waals surface area contributed by atoms with Gasteiger partial charge in [-0.2, -0.15) is 0 Å². The van der Waals surface area contributed by atoms with Crippen LogP contribution in [-0.2, 0) is 4.79 Å². The second kappa shape index (κ2) is 8.02. The number of hydrogen-bond acceptors (Lipinski definition) is 3. The third-order valence-corrected chi connectivity index (χ3v) is 6.02. The van der Waals surface area contributed by atoms with Gasteiger partial charge in [0.15, 0.2) is 0 Å². The summed E-state index contributed by atoms with van der Waals surface area (Å²) in [6.45, 7) is 2.09. The Bertz CT molecular complexity index is 476. The summed E-state index contributed by atoms with van der Waals surface area (Å²) in [4.78, 5) is 13.4. The number of carbonyl (C=O) groups is 1. The van der Waals surface area contributed by atoms with Crippen molar-refractivity contribution in [3.8, 4) is 0 Å². The molecule has 4 heteroatoms. The fourth-order valence-electron chi connectivity index (χ4n) is 3.38. The largest absolute Gasteiger partial charge is 0.326 e. The lowest BCUT2D eigenvalue weighted by atomic mass is 9.94. The van der Waals surface area contributed by atoms with Crippen molar-refractivity contribution in [2.24, 2.45) is 5.92 Å². The molecule has 2 fully saturated rings. The van der Waals surface area contributed by atoms with E-state index in [1.165, 1.54) is 30.6 Å². The van der Waals surface area contributed by atoms with Gasteiger partial charge in [0.1, 0.15) is 0 Å². The number of anilines is 1. The van der Waals surface area contributed by atoms with E-state index in [4.69, 9.17) is 0 Å². The van der Waals surface area contributed by atoms with E-state index < -0.39 is 0 Å². The third-order valence-electron chi connectivity index (χ3n) is 4.68. The Kier molecular flexibility index (Phi) is 5.79. The highest BCUT2D eigenvalue weighted by atomic mass is 32.2. The van der Waals surface area contributed by atoms with Gasteiger partial charge in [0, 0.05) is 22.3 Å². The Morgan fingerprint density at radius 1 is 1.09 bits per heavy atom. The minimum Gasteiger partial charge on any atom is -0.326 e. The van der Waals surface area contributed by atoms with Gasteiger partial charge in [0.2, 0.25) is 5.91 Å². The molecule has 0 radical (unpaired) electrons. The van der Waals surface area contributed by atoms with E-state index in [1.807, 2.05) is 23.9 Å². The summed E-state index contributed by atoms with van der Waals surface area (Å²) in [6.07, 6.45) is 8.33. The number of carbonyl (C=O) groups excluding carboxylic acids is 1. The second-order valence-corrected chi connectivity index (χ2v) is 7.87. The van der Waals surface area contributed by atoms with Crippen molar-refractivity contribution in [2.45, 2.75) is 55.1 Å². The van der Waals surface area contributed by atoms with Crippen LogP contribution >= 0.6 is 11.8 Å². The van der Waals surface area contributed by atoms with Gasteiger partial charge in [-0.1, -0.05) is 12.8 Å². The zero-order chi connectivity index (χ0) is 15.2. The molecule has 0 aromatic heterocycles. The van der Waals surface area contributed by atoms with Gasteiger partial charge in [-0.25, -0.2) is 0 Å². The van der Waals surface area contributed by atoms with Crippen LogP contribution in [0.5, 0.6) is 0 Å². The molecule has 2 N–H and O–H groups in total. The normalized spacial score (nSPS) is 20.2. The Hall–Kier alpha value is -1.00. The first kappa shape index (κ1) is 15.9. The maximum absolute atomic E-state index is 12.1. The minimum absolute atomic E-state index is 0.156. The molecule has 2 aliphatic rings. The molecule has 1 aromatic rings. The average molecular weight is 318 g/mol. The van der Waals surface area contributed by atoms with E-state index in [0.717, 1.165) is 36.9 Å². The quantitative estimate of drug-likeness (QED) is 0.860. The van der Waals surface area contributed by atoms with Crippen LogP contribution in [0.3, 0.4) is 0 Å². The van der Waals surface area contributed by atoms with Gasteiger partial charge >= 0.3 is 0 Å². The lowest BCUT2D eigenvalue weighted by molar-refractivity contribution is -0.117. The number of rotatable bonds is 5. The van der Waals surface area contributed by atoms with Gasteiger partial charge < -0.3 is 10.6 Å². The molecule has 0 bridgehead atoms. The molecule has 0 unspecified atom stereocenters. The molecule has 1 heterocycles. The molecular weight excluding hydrogens is 292 g/mol. The zero-order valence-electron chi connectivity index (χ0n) is 13.1. The Morgan fingerprint density at radius 2 is 1.77 bits per heavy atom. The summed E-state index contributed by atoms with van der Waals surface area (Å²) in [5.41, 5.74) is 0.926. The molecule has 1 aliphatic carbocycles. The van der Waals surface area contributed by atoms with Crippen molar-refractivity contribution in [1.82, 2.24) is 5.32 Å². The first-order valence-corrected chi connectivity index (χ1v) is 9.45. The van der Waals surface area contributed by atoms with E-state index in [-0.39, 0.29) is 5.91 Å².